The Kier molecular flexibility index (Phi) is 7.64. The van der Waals surface area contributed by atoms with E-state index in [0.717, 1.165) is 12.0 Å². The molecule has 1 atom stereocenters. The fraction of sp³-hybridized carbons (Fsp3) is 0.556. The Balaban J connectivity index is 2.92. The third-order valence-corrected chi connectivity index (χ3v) is 3.71. The second-order valence-electron chi connectivity index (χ2n) is 5.58. The zero-order chi connectivity index (χ0) is 16.5. The van der Waals surface area contributed by atoms with Gasteiger partial charge in [-0.3, -0.25) is 9.59 Å². The number of benzene rings is 1. The minimum absolute atomic E-state index is 0.0130. The van der Waals surface area contributed by atoms with Crippen LogP contribution in [0.3, 0.4) is 0 Å². The van der Waals surface area contributed by atoms with Gasteiger partial charge in [0.2, 0.25) is 11.8 Å². The Morgan fingerprint density at radius 1 is 1.14 bits per heavy atom. The summed E-state index contributed by atoms with van der Waals surface area (Å²) in [6.07, 6.45) is 1.92. The molecular weight excluding hydrogens is 276 g/mol. The maximum atomic E-state index is 12.3. The van der Waals surface area contributed by atoms with E-state index in [0.29, 0.717) is 25.9 Å². The van der Waals surface area contributed by atoms with Gasteiger partial charge in [0.05, 0.1) is 0 Å². The first-order chi connectivity index (χ1) is 10.5. The molecule has 0 heterocycles. The first-order valence-electron chi connectivity index (χ1n) is 8.16. The molecule has 1 N–H and O–H groups in total. The van der Waals surface area contributed by atoms with Gasteiger partial charge >= 0.3 is 0 Å². The average molecular weight is 304 g/mol. The lowest BCUT2D eigenvalue weighted by molar-refractivity contribution is -0.141. The molecule has 0 aliphatic rings. The summed E-state index contributed by atoms with van der Waals surface area (Å²) in [5.74, 6) is -0.0441. The van der Waals surface area contributed by atoms with Crippen molar-refractivity contribution >= 4 is 11.8 Å². The summed E-state index contributed by atoms with van der Waals surface area (Å²) in [6, 6.07) is 7.69. The number of carbonyl (C=O) groups is 2. The number of hydrogen-bond donors (Lipinski definition) is 1. The predicted octanol–water partition coefficient (Wildman–Crippen LogP) is 3.04. The van der Waals surface area contributed by atoms with Gasteiger partial charge < -0.3 is 10.2 Å². The van der Waals surface area contributed by atoms with Crippen LogP contribution in [0.1, 0.15) is 51.2 Å². The molecule has 0 aromatic heterocycles. The third kappa shape index (κ3) is 5.17. The van der Waals surface area contributed by atoms with Crippen molar-refractivity contribution in [2.75, 3.05) is 6.54 Å². The molecule has 0 aliphatic carbocycles. The van der Waals surface area contributed by atoms with E-state index in [1.807, 2.05) is 52.0 Å². The molecule has 1 aromatic carbocycles. The minimum Gasteiger partial charge on any atom is -0.354 e. The number of nitrogens with one attached hydrogen (secondary N) is 1. The van der Waals surface area contributed by atoms with Gasteiger partial charge in [-0.1, -0.05) is 50.6 Å². The van der Waals surface area contributed by atoms with E-state index in [1.165, 1.54) is 5.56 Å². The molecule has 122 valence electrons. The summed E-state index contributed by atoms with van der Waals surface area (Å²) in [7, 11) is 0. The van der Waals surface area contributed by atoms with Crippen molar-refractivity contribution in [2.45, 2.75) is 59.5 Å². The van der Waals surface area contributed by atoms with Crippen molar-refractivity contribution < 1.29 is 9.59 Å². The van der Waals surface area contributed by atoms with Crippen LogP contribution in [0.4, 0.5) is 0 Å². The molecular formula is C18H28N2O2. The van der Waals surface area contributed by atoms with Gasteiger partial charge in [0, 0.05) is 19.5 Å². The fourth-order valence-corrected chi connectivity index (χ4v) is 2.38. The summed E-state index contributed by atoms with van der Waals surface area (Å²) < 4.78 is 0. The molecule has 0 aliphatic heterocycles. The van der Waals surface area contributed by atoms with E-state index >= 15 is 0 Å². The highest BCUT2D eigenvalue weighted by Crippen LogP contribution is 2.14. The molecule has 4 nitrogen and oxygen atoms in total. The Morgan fingerprint density at radius 2 is 1.77 bits per heavy atom. The summed E-state index contributed by atoms with van der Waals surface area (Å²) in [5.41, 5.74) is 2.24. The normalized spacial score (nSPS) is 11.8. The lowest BCUT2D eigenvalue weighted by Crippen LogP contribution is -2.49. The summed E-state index contributed by atoms with van der Waals surface area (Å²) in [6.45, 7) is 8.95. The lowest BCUT2D eigenvalue weighted by atomic mass is 10.1. The van der Waals surface area contributed by atoms with E-state index in [9.17, 15) is 9.59 Å². The van der Waals surface area contributed by atoms with Crippen molar-refractivity contribution in [1.29, 1.82) is 0 Å². The van der Waals surface area contributed by atoms with Crippen LogP contribution in [0, 0.1) is 6.92 Å². The van der Waals surface area contributed by atoms with E-state index in [1.54, 1.807) is 4.90 Å². The second kappa shape index (κ2) is 9.23. The molecule has 22 heavy (non-hydrogen) atoms. The topological polar surface area (TPSA) is 49.4 Å². The highest BCUT2D eigenvalue weighted by Gasteiger charge is 2.27. The predicted molar refractivity (Wildman–Crippen MR) is 89.4 cm³/mol. The molecule has 4 heteroatoms. The highest BCUT2D eigenvalue weighted by molar-refractivity contribution is 5.87. The minimum atomic E-state index is -0.402. The zero-order valence-corrected chi connectivity index (χ0v) is 14.2. The van der Waals surface area contributed by atoms with Crippen LogP contribution in [-0.4, -0.2) is 29.3 Å². The van der Waals surface area contributed by atoms with Gasteiger partial charge in [-0.2, -0.15) is 0 Å². The first kappa shape index (κ1) is 18.2. The van der Waals surface area contributed by atoms with Gasteiger partial charge in [-0.05, 0) is 25.3 Å². The molecule has 1 aromatic rings. The monoisotopic (exact) mass is 304 g/mol. The zero-order valence-electron chi connectivity index (χ0n) is 14.2. The van der Waals surface area contributed by atoms with Crippen molar-refractivity contribution in [1.82, 2.24) is 10.2 Å². The van der Waals surface area contributed by atoms with Crippen LogP contribution in [0.15, 0.2) is 24.3 Å². The molecule has 1 rings (SSSR count). The molecule has 2 amide bonds. The van der Waals surface area contributed by atoms with E-state index in [2.05, 4.69) is 5.32 Å². The Labute approximate surface area is 133 Å². The van der Waals surface area contributed by atoms with Crippen LogP contribution in [0.25, 0.3) is 0 Å². The Bertz CT molecular complexity index is 482. The van der Waals surface area contributed by atoms with Crippen LogP contribution < -0.4 is 5.32 Å². The Morgan fingerprint density at radius 3 is 2.27 bits per heavy atom. The van der Waals surface area contributed by atoms with Crippen LogP contribution in [-0.2, 0) is 16.1 Å². The van der Waals surface area contributed by atoms with E-state index in [4.69, 9.17) is 0 Å². The SMILES string of the molecule is CCCNC(=O)C(CC)N(Cc1ccc(C)cc1)C(=O)CC. The van der Waals surface area contributed by atoms with Gasteiger partial charge in [-0.15, -0.1) is 0 Å². The molecule has 0 spiro atoms. The molecule has 0 radical (unpaired) electrons. The highest BCUT2D eigenvalue weighted by atomic mass is 16.2. The molecule has 0 saturated carbocycles. The van der Waals surface area contributed by atoms with E-state index < -0.39 is 6.04 Å². The molecule has 0 bridgehead atoms. The number of nitrogens with zero attached hydrogens (tertiary/aromatic N) is 1. The number of carbonyl (C=O) groups excluding carboxylic acids is 2. The standard InChI is InChI=1S/C18H28N2O2/c1-5-12-19-18(22)16(6-2)20(17(21)7-3)13-15-10-8-14(4)9-11-15/h8-11,16H,5-7,12-13H2,1-4H3,(H,19,22). The largest absolute Gasteiger partial charge is 0.354 e. The van der Waals surface area contributed by atoms with Crippen LogP contribution in [0.2, 0.25) is 0 Å². The number of amides is 2. The summed E-state index contributed by atoms with van der Waals surface area (Å²) in [5, 5.41) is 2.90. The fourth-order valence-electron chi connectivity index (χ4n) is 2.38. The van der Waals surface area contributed by atoms with Gasteiger partial charge in [0.15, 0.2) is 0 Å². The van der Waals surface area contributed by atoms with E-state index in [-0.39, 0.29) is 11.8 Å². The van der Waals surface area contributed by atoms with Gasteiger partial charge in [-0.25, -0.2) is 0 Å². The average Bonchev–Trinajstić information content (AvgIpc) is 2.53. The van der Waals surface area contributed by atoms with Gasteiger partial charge in [0.1, 0.15) is 6.04 Å². The maximum Gasteiger partial charge on any atom is 0.242 e. The third-order valence-electron chi connectivity index (χ3n) is 3.71. The maximum absolute atomic E-state index is 12.3. The summed E-state index contributed by atoms with van der Waals surface area (Å²) in [4.78, 5) is 26.3. The smallest absolute Gasteiger partial charge is 0.242 e. The summed E-state index contributed by atoms with van der Waals surface area (Å²) >= 11 is 0. The Hall–Kier alpha value is -1.84. The number of hydrogen-bond acceptors (Lipinski definition) is 2. The quantitative estimate of drug-likeness (QED) is 0.802. The molecule has 1 unspecified atom stereocenters. The first-order valence-corrected chi connectivity index (χ1v) is 8.16. The molecule has 0 saturated heterocycles. The molecule has 0 fully saturated rings. The van der Waals surface area contributed by atoms with Gasteiger partial charge in [0.25, 0.3) is 0 Å². The second-order valence-corrected chi connectivity index (χ2v) is 5.58. The van der Waals surface area contributed by atoms with Crippen molar-refractivity contribution in [3.63, 3.8) is 0 Å². The number of aryl methyl sites for hydroxylation is 1. The van der Waals surface area contributed by atoms with Crippen molar-refractivity contribution in [2.24, 2.45) is 0 Å². The van der Waals surface area contributed by atoms with Crippen LogP contribution >= 0.6 is 0 Å². The van der Waals surface area contributed by atoms with Crippen molar-refractivity contribution in [3.8, 4) is 0 Å². The lowest BCUT2D eigenvalue weighted by Gasteiger charge is -2.30. The van der Waals surface area contributed by atoms with Crippen LogP contribution in [0.5, 0.6) is 0 Å². The number of rotatable bonds is 8. The van der Waals surface area contributed by atoms with Crippen molar-refractivity contribution in [3.05, 3.63) is 35.4 Å².